The molecule has 0 saturated carbocycles. The van der Waals surface area contributed by atoms with E-state index in [9.17, 15) is 0 Å². The topological polar surface area (TPSA) is 4.93 Å². The molecular formula is C36H21NS2. The highest BCUT2D eigenvalue weighted by atomic mass is 32.1. The fraction of sp³-hybridized carbons (Fsp3) is 0. The number of rotatable bonds is 2. The monoisotopic (exact) mass is 531 g/mol. The van der Waals surface area contributed by atoms with Crippen molar-refractivity contribution in [3.8, 4) is 16.8 Å². The summed E-state index contributed by atoms with van der Waals surface area (Å²) in [4.78, 5) is 0. The van der Waals surface area contributed by atoms with Gasteiger partial charge in [0.1, 0.15) is 0 Å². The van der Waals surface area contributed by atoms with Crippen LogP contribution >= 0.6 is 22.7 Å². The lowest BCUT2D eigenvalue weighted by molar-refractivity contribution is 1.19. The molecule has 9 rings (SSSR count). The van der Waals surface area contributed by atoms with Gasteiger partial charge in [-0.3, -0.25) is 0 Å². The van der Waals surface area contributed by atoms with Crippen molar-refractivity contribution in [1.29, 1.82) is 0 Å². The van der Waals surface area contributed by atoms with Crippen LogP contribution in [0, 0.1) is 0 Å². The Morgan fingerprint density at radius 3 is 1.82 bits per heavy atom. The van der Waals surface area contributed by atoms with Crippen molar-refractivity contribution in [3.63, 3.8) is 0 Å². The molecule has 1 nitrogen and oxygen atoms in total. The second-order valence-electron chi connectivity index (χ2n) is 10.1. The van der Waals surface area contributed by atoms with E-state index >= 15 is 0 Å². The summed E-state index contributed by atoms with van der Waals surface area (Å²) in [5, 5.41) is 7.96. The van der Waals surface area contributed by atoms with Gasteiger partial charge in [-0.05, 0) is 47.5 Å². The minimum Gasteiger partial charge on any atom is -0.308 e. The van der Waals surface area contributed by atoms with Gasteiger partial charge in [-0.25, -0.2) is 0 Å². The van der Waals surface area contributed by atoms with Crippen LogP contribution in [0.15, 0.2) is 127 Å². The van der Waals surface area contributed by atoms with Crippen LogP contribution in [-0.2, 0) is 0 Å². The highest BCUT2D eigenvalue weighted by Gasteiger charge is 2.17. The van der Waals surface area contributed by atoms with Crippen molar-refractivity contribution in [1.82, 2.24) is 4.57 Å². The molecule has 0 atom stereocenters. The summed E-state index contributed by atoms with van der Waals surface area (Å²) in [6, 6.07) is 46.9. The van der Waals surface area contributed by atoms with E-state index in [0.717, 1.165) is 0 Å². The van der Waals surface area contributed by atoms with Gasteiger partial charge in [0.15, 0.2) is 0 Å². The molecular weight excluding hydrogens is 511 g/mol. The summed E-state index contributed by atoms with van der Waals surface area (Å²) >= 11 is 3.77. The van der Waals surface area contributed by atoms with E-state index in [1.54, 1.807) is 0 Å². The molecule has 0 fully saturated rings. The van der Waals surface area contributed by atoms with Crippen LogP contribution in [-0.4, -0.2) is 4.57 Å². The molecule has 0 aliphatic rings. The third-order valence-electron chi connectivity index (χ3n) is 8.02. The maximum atomic E-state index is 2.46. The van der Waals surface area contributed by atoms with Crippen LogP contribution in [0.1, 0.15) is 0 Å². The first-order chi connectivity index (χ1) is 19.3. The van der Waals surface area contributed by atoms with Crippen LogP contribution < -0.4 is 0 Å². The van der Waals surface area contributed by atoms with E-state index in [1.807, 2.05) is 22.7 Å². The van der Waals surface area contributed by atoms with Crippen molar-refractivity contribution in [3.05, 3.63) is 127 Å². The summed E-state index contributed by atoms with van der Waals surface area (Å²) in [5.74, 6) is 0. The Labute approximate surface area is 232 Å². The van der Waals surface area contributed by atoms with E-state index < -0.39 is 0 Å². The Kier molecular flexibility index (Phi) is 4.43. The van der Waals surface area contributed by atoms with Crippen LogP contribution in [0.5, 0.6) is 0 Å². The Hall–Kier alpha value is -4.44. The van der Waals surface area contributed by atoms with E-state index in [-0.39, 0.29) is 0 Å². The third-order valence-corrected chi connectivity index (χ3v) is 10.3. The first-order valence-corrected chi connectivity index (χ1v) is 14.8. The molecule has 3 heteroatoms. The van der Waals surface area contributed by atoms with Gasteiger partial charge in [-0.15, -0.1) is 22.7 Å². The Bertz CT molecular complexity index is 2380. The Morgan fingerprint density at radius 1 is 0.410 bits per heavy atom. The van der Waals surface area contributed by atoms with Crippen LogP contribution in [0.2, 0.25) is 0 Å². The number of hydrogen-bond donors (Lipinski definition) is 0. The summed E-state index contributed by atoms with van der Waals surface area (Å²) in [5.41, 5.74) is 6.24. The maximum absolute atomic E-state index is 2.46. The predicted molar refractivity (Wildman–Crippen MR) is 172 cm³/mol. The van der Waals surface area contributed by atoms with Gasteiger partial charge in [0.2, 0.25) is 0 Å². The molecule has 0 unspecified atom stereocenters. The normalized spacial score (nSPS) is 12.1. The van der Waals surface area contributed by atoms with Crippen LogP contribution in [0.4, 0.5) is 0 Å². The standard InChI is InChI=1S/C36H21NS2/c1-4-10-31-25(7-1)29-19-20-30-27-9-3-6-12-33(27)39-36(30)35(29)37(31)24-16-13-22(14-17-24)23-15-18-28-26-8-2-5-11-32(26)38-34(28)21-23/h1-21H. The number of aromatic nitrogens is 1. The minimum atomic E-state index is 1.19. The van der Waals surface area contributed by atoms with Gasteiger partial charge in [0.05, 0.1) is 15.7 Å². The number of benzene rings is 6. The minimum absolute atomic E-state index is 1.19. The van der Waals surface area contributed by atoms with Crippen molar-refractivity contribution >= 4 is 84.8 Å². The lowest BCUT2D eigenvalue weighted by atomic mass is 10.0. The van der Waals surface area contributed by atoms with Gasteiger partial charge in [0, 0.05) is 52.1 Å². The van der Waals surface area contributed by atoms with Crippen LogP contribution in [0.25, 0.3) is 79.0 Å². The second-order valence-corrected chi connectivity index (χ2v) is 12.3. The summed E-state index contributed by atoms with van der Waals surface area (Å²) in [7, 11) is 0. The fourth-order valence-corrected chi connectivity index (χ4v) is 8.59. The van der Waals surface area contributed by atoms with Gasteiger partial charge < -0.3 is 4.57 Å². The highest BCUT2D eigenvalue weighted by Crippen LogP contribution is 2.43. The Morgan fingerprint density at radius 2 is 1.00 bits per heavy atom. The molecule has 3 aromatic heterocycles. The predicted octanol–water partition coefficient (Wildman–Crippen LogP) is 11.2. The van der Waals surface area contributed by atoms with E-state index in [1.165, 1.54) is 79.0 Å². The molecule has 6 aromatic carbocycles. The molecule has 39 heavy (non-hydrogen) atoms. The van der Waals surface area contributed by atoms with Gasteiger partial charge in [0.25, 0.3) is 0 Å². The van der Waals surface area contributed by atoms with Crippen LogP contribution in [0.3, 0.4) is 0 Å². The summed E-state index contributed by atoms with van der Waals surface area (Å²) in [6.45, 7) is 0. The lowest BCUT2D eigenvalue weighted by Gasteiger charge is -2.10. The molecule has 0 N–H and O–H groups in total. The van der Waals surface area contributed by atoms with Crippen molar-refractivity contribution in [2.45, 2.75) is 0 Å². The summed E-state index contributed by atoms with van der Waals surface area (Å²) in [6.07, 6.45) is 0. The first-order valence-electron chi connectivity index (χ1n) is 13.2. The molecule has 0 aliphatic heterocycles. The second kappa shape index (κ2) is 8.03. The molecule has 0 spiro atoms. The number of thiophene rings is 2. The average molecular weight is 532 g/mol. The van der Waals surface area contributed by atoms with E-state index in [2.05, 4.69) is 132 Å². The van der Waals surface area contributed by atoms with Crippen molar-refractivity contribution < 1.29 is 0 Å². The Balaban J connectivity index is 1.25. The molecule has 0 radical (unpaired) electrons. The average Bonchev–Trinajstić information content (AvgIpc) is 3.66. The molecule has 0 aliphatic carbocycles. The molecule has 9 aromatic rings. The van der Waals surface area contributed by atoms with Gasteiger partial charge in [-0.1, -0.05) is 91.0 Å². The number of para-hydroxylation sites is 1. The van der Waals surface area contributed by atoms with Crippen molar-refractivity contribution in [2.75, 3.05) is 0 Å². The number of hydrogen-bond acceptors (Lipinski definition) is 2. The quantitative estimate of drug-likeness (QED) is 0.209. The lowest BCUT2D eigenvalue weighted by Crippen LogP contribution is -1.93. The number of fused-ring (bicyclic) bond motifs is 10. The molecule has 0 saturated heterocycles. The van der Waals surface area contributed by atoms with Gasteiger partial charge >= 0.3 is 0 Å². The van der Waals surface area contributed by atoms with E-state index in [0.29, 0.717) is 0 Å². The highest BCUT2D eigenvalue weighted by molar-refractivity contribution is 7.26. The zero-order valence-corrected chi connectivity index (χ0v) is 22.5. The first kappa shape index (κ1) is 21.5. The number of nitrogens with zero attached hydrogens (tertiary/aromatic N) is 1. The molecule has 182 valence electrons. The smallest absolute Gasteiger partial charge is 0.0719 e. The zero-order valence-electron chi connectivity index (χ0n) is 20.9. The van der Waals surface area contributed by atoms with Gasteiger partial charge in [-0.2, -0.15) is 0 Å². The fourth-order valence-electron chi connectivity index (χ4n) is 6.21. The summed E-state index contributed by atoms with van der Waals surface area (Å²) < 4.78 is 7.83. The SMILES string of the molecule is c1ccc2c(c1)sc1cc(-c3ccc(-n4c5ccccc5c5ccc6c7ccccc7sc6c54)cc3)ccc12. The third kappa shape index (κ3) is 3.06. The molecule has 0 bridgehead atoms. The maximum Gasteiger partial charge on any atom is 0.0719 e. The largest absolute Gasteiger partial charge is 0.308 e. The zero-order chi connectivity index (χ0) is 25.5. The van der Waals surface area contributed by atoms with Crippen molar-refractivity contribution in [2.24, 2.45) is 0 Å². The molecule has 0 amide bonds. The van der Waals surface area contributed by atoms with E-state index in [4.69, 9.17) is 0 Å². The molecule has 3 heterocycles.